The summed E-state index contributed by atoms with van der Waals surface area (Å²) in [6, 6.07) is 14.5. The van der Waals surface area contributed by atoms with Crippen molar-refractivity contribution in [3.63, 3.8) is 0 Å². The molecule has 0 spiro atoms. The summed E-state index contributed by atoms with van der Waals surface area (Å²) in [5.74, 6) is 0.359. The van der Waals surface area contributed by atoms with E-state index in [1.165, 1.54) is 31.6 Å². The second-order valence-electron chi connectivity index (χ2n) is 7.20. The Hall–Kier alpha value is -3.28. The van der Waals surface area contributed by atoms with Gasteiger partial charge in [-0.2, -0.15) is 0 Å². The maximum absolute atomic E-state index is 11.7. The third-order valence-electron chi connectivity index (χ3n) is 4.91. The standard InChI is InChI=1S/C22H22N4O2/c1-14(27)26(15(2)28)12-16-4-3-5-17(10-16)18-6-9-21-20(11-18)22(24-13-23-21)25-19-7-8-19/h3-6,9-11,13,19H,7-8,12H2,1-2H3,(H,23,24,25). The first-order valence-electron chi connectivity index (χ1n) is 9.40. The van der Waals surface area contributed by atoms with Crippen LogP contribution in [0, 0.1) is 0 Å². The lowest BCUT2D eigenvalue weighted by Crippen LogP contribution is -2.32. The highest BCUT2D eigenvalue weighted by atomic mass is 16.2. The maximum Gasteiger partial charge on any atom is 0.226 e. The number of benzene rings is 2. The van der Waals surface area contributed by atoms with Gasteiger partial charge in [-0.3, -0.25) is 14.5 Å². The SMILES string of the molecule is CC(=O)N(Cc1cccc(-c2ccc3ncnc(NC4CC4)c3c2)c1)C(C)=O. The van der Waals surface area contributed by atoms with Gasteiger partial charge in [0.2, 0.25) is 11.8 Å². The molecule has 28 heavy (non-hydrogen) atoms. The van der Waals surface area contributed by atoms with Gasteiger partial charge < -0.3 is 5.32 Å². The molecule has 1 N–H and O–H groups in total. The Balaban J connectivity index is 1.68. The van der Waals surface area contributed by atoms with E-state index >= 15 is 0 Å². The summed E-state index contributed by atoms with van der Waals surface area (Å²) in [5.41, 5.74) is 3.87. The number of carbonyl (C=O) groups is 2. The minimum atomic E-state index is -0.253. The second-order valence-corrected chi connectivity index (χ2v) is 7.20. The van der Waals surface area contributed by atoms with E-state index in [0.717, 1.165) is 33.4 Å². The molecule has 4 rings (SSSR count). The van der Waals surface area contributed by atoms with Crippen molar-refractivity contribution in [2.75, 3.05) is 5.32 Å². The summed E-state index contributed by atoms with van der Waals surface area (Å²) >= 11 is 0. The van der Waals surface area contributed by atoms with Gasteiger partial charge in [-0.05, 0) is 47.7 Å². The molecule has 3 aromatic rings. The van der Waals surface area contributed by atoms with Crippen LogP contribution < -0.4 is 5.32 Å². The molecule has 1 aliphatic carbocycles. The molecule has 0 bridgehead atoms. The highest BCUT2D eigenvalue weighted by Gasteiger charge is 2.22. The second kappa shape index (κ2) is 7.38. The lowest BCUT2D eigenvalue weighted by atomic mass is 10.0. The topological polar surface area (TPSA) is 75.2 Å². The summed E-state index contributed by atoms with van der Waals surface area (Å²) in [4.78, 5) is 33.4. The number of amides is 2. The van der Waals surface area contributed by atoms with Crippen molar-refractivity contribution < 1.29 is 9.59 Å². The third-order valence-corrected chi connectivity index (χ3v) is 4.91. The zero-order valence-corrected chi connectivity index (χ0v) is 16.0. The van der Waals surface area contributed by atoms with Crippen LogP contribution in [0.15, 0.2) is 48.8 Å². The van der Waals surface area contributed by atoms with Crippen molar-refractivity contribution in [3.8, 4) is 11.1 Å². The van der Waals surface area contributed by atoms with Crippen molar-refractivity contribution in [2.45, 2.75) is 39.3 Å². The van der Waals surface area contributed by atoms with Crippen molar-refractivity contribution >= 4 is 28.5 Å². The van der Waals surface area contributed by atoms with E-state index in [2.05, 4.69) is 21.4 Å². The average molecular weight is 374 g/mol. The van der Waals surface area contributed by atoms with E-state index in [-0.39, 0.29) is 18.4 Å². The molecule has 1 aromatic heterocycles. The van der Waals surface area contributed by atoms with Crippen LogP contribution in [0.3, 0.4) is 0 Å². The molecule has 0 radical (unpaired) electrons. The number of fused-ring (bicyclic) bond motifs is 1. The third kappa shape index (κ3) is 3.86. The van der Waals surface area contributed by atoms with Gasteiger partial charge in [-0.1, -0.05) is 24.3 Å². The van der Waals surface area contributed by atoms with E-state index in [1.54, 1.807) is 6.33 Å². The zero-order valence-electron chi connectivity index (χ0n) is 16.0. The van der Waals surface area contributed by atoms with E-state index in [0.29, 0.717) is 6.04 Å². The maximum atomic E-state index is 11.7. The van der Waals surface area contributed by atoms with Crippen LogP contribution in [0.1, 0.15) is 32.3 Å². The Bertz CT molecular complexity index is 1050. The molecule has 1 heterocycles. The van der Waals surface area contributed by atoms with Crippen LogP contribution in [0.4, 0.5) is 5.82 Å². The average Bonchev–Trinajstić information content (AvgIpc) is 3.50. The number of hydrogen-bond donors (Lipinski definition) is 1. The van der Waals surface area contributed by atoms with Gasteiger partial charge in [0.1, 0.15) is 12.1 Å². The van der Waals surface area contributed by atoms with E-state index in [9.17, 15) is 9.59 Å². The Morgan fingerprint density at radius 2 is 1.79 bits per heavy atom. The lowest BCUT2D eigenvalue weighted by molar-refractivity contribution is -0.142. The summed E-state index contributed by atoms with van der Waals surface area (Å²) in [7, 11) is 0. The number of nitrogens with zero attached hydrogens (tertiary/aromatic N) is 3. The molecule has 0 unspecified atom stereocenters. The molecule has 0 atom stereocenters. The molecular weight excluding hydrogens is 352 g/mol. The number of rotatable bonds is 5. The van der Waals surface area contributed by atoms with Crippen LogP contribution in [0.2, 0.25) is 0 Å². The smallest absolute Gasteiger partial charge is 0.226 e. The number of nitrogens with one attached hydrogen (secondary N) is 1. The Morgan fingerprint density at radius 1 is 1.04 bits per heavy atom. The van der Waals surface area contributed by atoms with Gasteiger partial charge in [0.15, 0.2) is 0 Å². The predicted molar refractivity (Wildman–Crippen MR) is 109 cm³/mol. The lowest BCUT2D eigenvalue weighted by Gasteiger charge is -2.17. The Kier molecular flexibility index (Phi) is 4.77. The first-order valence-corrected chi connectivity index (χ1v) is 9.40. The normalized spacial score (nSPS) is 13.4. The number of imide groups is 1. The minimum absolute atomic E-state index is 0.253. The summed E-state index contributed by atoms with van der Waals surface area (Å²) in [6.45, 7) is 3.08. The Labute approximate surface area is 163 Å². The van der Waals surface area contributed by atoms with Gasteiger partial charge >= 0.3 is 0 Å². The summed E-state index contributed by atoms with van der Waals surface area (Å²) in [5, 5.41) is 4.46. The number of aromatic nitrogens is 2. The van der Waals surface area contributed by atoms with Crippen LogP contribution in [0.5, 0.6) is 0 Å². The quantitative estimate of drug-likeness (QED) is 0.736. The fourth-order valence-corrected chi connectivity index (χ4v) is 3.25. The molecule has 1 aliphatic rings. The number of anilines is 1. The monoisotopic (exact) mass is 374 g/mol. The fraction of sp³-hybridized carbons (Fsp3) is 0.273. The van der Waals surface area contributed by atoms with Crippen molar-refractivity contribution in [3.05, 3.63) is 54.4 Å². The van der Waals surface area contributed by atoms with Gasteiger partial charge in [0.05, 0.1) is 12.1 Å². The van der Waals surface area contributed by atoms with Crippen LogP contribution in [0.25, 0.3) is 22.0 Å². The van der Waals surface area contributed by atoms with Crippen LogP contribution in [-0.4, -0.2) is 32.7 Å². The van der Waals surface area contributed by atoms with Gasteiger partial charge in [0.25, 0.3) is 0 Å². The van der Waals surface area contributed by atoms with E-state index in [4.69, 9.17) is 0 Å². The molecule has 142 valence electrons. The van der Waals surface area contributed by atoms with E-state index in [1.807, 2.05) is 36.4 Å². The predicted octanol–water partition coefficient (Wildman–Crippen LogP) is 3.77. The number of carbonyl (C=O) groups excluding carboxylic acids is 2. The van der Waals surface area contributed by atoms with E-state index < -0.39 is 0 Å². The summed E-state index contributed by atoms with van der Waals surface area (Å²) in [6.07, 6.45) is 3.94. The largest absolute Gasteiger partial charge is 0.367 e. The highest BCUT2D eigenvalue weighted by Crippen LogP contribution is 2.30. The van der Waals surface area contributed by atoms with Gasteiger partial charge in [-0.15, -0.1) is 0 Å². The molecular formula is C22H22N4O2. The Morgan fingerprint density at radius 3 is 2.50 bits per heavy atom. The van der Waals surface area contributed by atoms with Crippen LogP contribution in [-0.2, 0) is 16.1 Å². The molecule has 0 aliphatic heterocycles. The molecule has 1 fully saturated rings. The minimum Gasteiger partial charge on any atom is -0.367 e. The first-order chi connectivity index (χ1) is 13.5. The first kappa shape index (κ1) is 18.1. The van der Waals surface area contributed by atoms with Crippen molar-refractivity contribution in [1.82, 2.24) is 14.9 Å². The van der Waals surface area contributed by atoms with Crippen molar-refractivity contribution in [1.29, 1.82) is 0 Å². The number of hydrogen-bond acceptors (Lipinski definition) is 5. The molecule has 6 nitrogen and oxygen atoms in total. The molecule has 2 aromatic carbocycles. The molecule has 2 amide bonds. The highest BCUT2D eigenvalue weighted by molar-refractivity contribution is 5.93. The van der Waals surface area contributed by atoms with Crippen LogP contribution >= 0.6 is 0 Å². The molecule has 1 saturated carbocycles. The molecule has 0 saturated heterocycles. The van der Waals surface area contributed by atoms with Gasteiger partial charge in [-0.25, -0.2) is 9.97 Å². The fourth-order valence-electron chi connectivity index (χ4n) is 3.25. The zero-order chi connectivity index (χ0) is 19.7. The summed E-state index contributed by atoms with van der Waals surface area (Å²) < 4.78 is 0. The van der Waals surface area contributed by atoms with Crippen molar-refractivity contribution in [2.24, 2.45) is 0 Å². The van der Waals surface area contributed by atoms with Gasteiger partial charge in [0, 0.05) is 25.3 Å². The molecule has 6 heteroatoms.